The number of methoxy groups -OCH3 is 1. The molecule has 0 radical (unpaired) electrons. The number of piperidine rings is 2. The summed E-state index contributed by atoms with van der Waals surface area (Å²) in [6.45, 7) is 8.03. The van der Waals surface area contributed by atoms with Gasteiger partial charge >= 0.3 is 0 Å². The number of carbonyl (C=O) groups is 2. The Balaban J connectivity index is 1.58. The number of rotatable bonds is 5. The zero-order valence-corrected chi connectivity index (χ0v) is 20.0. The molecule has 0 bridgehead atoms. The number of ether oxygens (including phenoxy) is 1. The van der Waals surface area contributed by atoms with Crippen molar-refractivity contribution in [3.05, 3.63) is 53.6 Å². The molecule has 0 aliphatic carbocycles. The van der Waals surface area contributed by atoms with Crippen molar-refractivity contribution in [2.75, 3.05) is 43.5 Å². The van der Waals surface area contributed by atoms with E-state index in [1.165, 1.54) is 0 Å². The molecule has 33 heavy (non-hydrogen) atoms. The number of amides is 2. The van der Waals surface area contributed by atoms with Gasteiger partial charge in [0, 0.05) is 43.1 Å². The monoisotopic (exact) mass is 449 g/mol. The smallest absolute Gasteiger partial charge is 0.256 e. The molecule has 176 valence electrons. The molecule has 6 nitrogen and oxygen atoms in total. The summed E-state index contributed by atoms with van der Waals surface area (Å²) >= 11 is 0. The summed E-state index contributed by atoms with van der Waals surface area (Å²) in [7, 11) is 1.60. The van der Waals surface area contributed by atoms with Crippen molar-refractivity contribution in [3.63, 3.8) is 0 Å². The predicted molar refractivity (Wildman–Crippen MR) is 132 cm³/mol. The van der Waals surface area contributed by atoms with Crippen LogP contribution in [0.15, 0.2) is 42.5 Å². The highest BCUT2D eigenvalue weighted by atomic mass is 16.5. The highest BCUT2D eigenvalue weighted by molar-refractivity contribution is 6.06. The number of hydrogen-bond donors (Lipinski definition) is 1. The summed E-state index contributed by atoms with van der Waals surface area (Å²) in [5, 5.41) is 2.97. The van der Waals surface area contributed by atoms with Crippen molar-refractivity contribution in [3.8, 4) is 5.75 Å². The first-order valence-corrected chi connectivity index (χ1v) is 12.1. The first-order valence-electron chi connectivity index (χ1n) is 12.1. The van der Waals surface area contributed by atoms with E-state index < -0.39 is 0 Å². The molecule has 2 aliphatic rings. The van der Waals surface area contributed by atoms with E-state index in [1.807, 2.05) is 23.1 Å². The van der Waals surface area contributed by atoms with Crippen LogP contribution in [0.3, 0.4) is 0 Å². The molecule has 6 heteroatoms. The van der Waals surface area contributed by atoms with E-state index in [0.717, 1.165) is 57.5 Å². The van der Waals surface area contributed by atoms with Crippen molar-refractivity contribution < 1.29 is 14.3 Å². The van der Waals surface area contributed by atoms with Gasteiger partial charge in [0.2, 0.25) is 0 Å². The largest absolute Gasteiger partial charge is 0.497 e. The van der Waals surface area contributed by atoms with Crippen LogP contribution in [-0.4, -0.2) is 50.0 Å². The summed E-state index contributed by atoms with van der Waals surface area (Å²) in [6, 6.07) is 12.8. The van der Waals surface area contributed by atoms with Crippen LogP contribution in [0.2, 0.25) is 0 Å². The minimum absolute atomic E-state index is 0.0658. The van der Waals surface area contributed by atoms with E-state index in [1.54, 1.807) is 31.4 Å². The van der Waals surface area contributed by atoms with Gasteiger partial charge < -0.3 is 19.9 Å². The third kappa shape index (κ3) is 5.49. The van der Waals surface area contributed by atoms with Crippen LogP contribution in [0.25, 0.3) is 0 Å². The van der Waals surface area contributed by atoms with Gasteiger partial charge in [-0.25, -0.2) is 0 Å². The molecule has 2 saturated heterocycles. The molecule has 0 spiro atoms. The van der Waals surface area contributed by atoms with Crippen molar-refractivity contribution in [1.29, 1.82) is 0 Å². The average molecular weight is 450 g/mol. The summed E-state index contributed by atoms with van der Waals surface area (Å²) in [6.07, 6.45) is 4.34. The van der Waals surface area contributed by atoms with Gasteiger partial charge in [-0.05, 0) is 80.0 Å². The number of nitrogens with zero attached hydrogens (tertiary/aromatic N) is 2. The molecule has 0 unspecified atom stereocenters. The number of anilines is 2. The molecule has 0 aromatic heterocycles. The van der Waals surface area contributed by atoms with E-state index in [0.29, 0.717) is 34.4 Å². The van der Waals surface area contributed by atoms with Crippen molar-refractivity contribution in [2.24, 2.45) is 11.8 Å². The fraction of sp³-hybridized carbons (Fsp3) is 0.481. The first-order chi connectivity index (χ1) is 15.9. The van der Waals surface area contributed by atoms with Crippen molar-refractivity contribution in [2.45, 2.75) is 39.5 Å². The Labute approximate surface area is 196 Å². The number of benzene rings is 2. The van der Waals surface area contributed by atoms with Gasteiger partial charge in [-0.2, -0.15) is 0 Å². The Bertz CT molecular complexity index is 973. The Hall–Kier alpha value is -3.02. The standard InChI is InChI=1S/C27H35N3O3/c1-19-10-14-29(15-11-19)25-9-6-22(28-26(31)21-4-7-23(33-3)8-5-21)18-24(25)27(32)30-16-12-20(2)13-17-30/h4-9,18-20H,10-17H2,1-3H3,(H,28,31). The predicted octanol–water partition coefficient (Wildman–Crippen LogP) is 5.06. The van der Waals surface area contributed by atoms with Gasteiger partial charge in [0.25, 0.3) is 11.8 Å². The molecular weight excluding hydrogens is 414 g/mol. The molecule has 4 rings (SSSR count). The van der Waals surface area contributed by atoms with Crippen LogP contribution in [0.4, 0.5) is 11.4 Å². The lowest BCUT2D eigenvalue weighted by atomic mass is 9.96. The van der Waals surface area contributed by atoms with Gasteiger partial charge in [0.05, 0.1) is 12.7 Å². The molecule has 1 N–H and O–H groups in total. The quantitative estimate of drug-likeness (QED) is 0.693. The first kappa shape index (κ1) is 23.1. The minimum atomic E-state index is -0.206. The Morgan fingerprint density at radius 3 is 2.09 bits per heavy atom. The second-order valence-electron chi connectivity index (χ2n) is 9.56. The van der Waals surface area contributed by atoms with Crippen LogP contribution >= 0.6 is 0 Å². The second-order valence-corrected chi connectivity index (χ2v) is 9.56. The van der Waals surface area contributed by atoms with Crippen molar-refractivity contribution >= 4 is 23.2 Å². The normalized spacial score (nSPS) is 17.7. The summed E-state index contributed by atoms with van der Waals surface area (Å²) in [4.78, 5) is 30.7. The second kappa shape index (κ2) is 10.3. The van der Waals surface area contributed by atoms with E-state index in [2.05, 4.69) is 24.1 Å². The molecule has 2 aromatic rings. The molecule has 2 fully saturated rings. The van der Waals surface area contributed by atoms with Crippen LogP contribution < -0.4 is 15.0 Å². The molecular formula is C27H35N3O3. The fourth-order valence-corrected chi connectivity index (χ4v) is 4.64. The van der Waals surface area contributed by atoms with Gasteiger partial charge in [-0.15, -0.1) is 0 Å². The maximum atomic E-state index is 13.6. The number of carbonyl (C=O) groups excluding carboxylic acids is 2. The maximum Gasteiger partial charge on any atom is 0.256 e. The molecule has 2 aromatic carbocycles. The SMILES string of the molecule is COc1ccc(C(=O)Nc2ccc(N3CCC(C)CC3)c(C(=O)N3CCC(C)CC3)c2)cc1. The third-order valence-corrected chi connectivity index (χ3v) is 7.03. The molecule has 0 saturated carbocycles. The van der Waals surface area contributed by atoms with Crippen LogP contribution in [0.1, 0.15) is 60.2 Å². The van der Waals surface area contributed by atoms with Gasteiger partial charge in [0.15, 0.2) is 0 Å². The van der Waals surface area contributed by atoms with E-state index in [4.69, 9.17) is 4.74 Å². The summed E-state index contributed by atoms with van der Waals surface area (Å²) in [5.74, 6) is 1.94. The average Bonchev–Trinajstić information content (AvgIpc) is 2.84. The minimum Gasteiger partial charge on any atom is -0.497 e. The molecule has 2 aliphatic heterocycles. The number of hydrogen-bond acceptors (Lipinski definition) is 4. The lowest BCUT2D eigenvalue weighted by Gasteiger charge is -2.35. The Kier molecular flexibility index (Phi) is 7.21. The molecule has 2 amide bonds. The zero-order valence-electron chi connectivity index (χ0n) is 20.0. The maximum absolute atomic E-state index is 13.6. The zero-order chi connectivity index (χ0) is 23.4. The third-order valence-electron chi connectivity index (χ3n) is 7.03. The van der Waals surface area contributed by atoms with Crippen LogP contribution in [0.5, 0.6) is 5.75 Å². The lowest BCUT2D eigenvalue weighted by Crippen LogP contribution is -2.40. The van der Waals surface area contributed by atoms with Gasteiger partial charge in [-0.1, -0.05) is 13.8 Å². The summed E-state index contributed by atoms with van der Waals surface area (Å²) in [5.41, 5.74) is 2.85. The van der Waals surface area contributed by atoms with Crippen molar-refractivity contribution in [1.82, 2.24) is 4.90 Å². The lowest BCUT2D eigenvalue weighted by molar-refractivity contribution is 0.0697. The van der Waals surface area contributed by atoms with E-state index >= 15 is 0 Å². The van der Waals surface area contributed by atoms with E-state index in [9.17, 15) is 9.59 Å². The molecule has 2 heterocycles. The topological polar surface area (TPSA) is 61.9 Å². The Morgan fingerprint density at radius 2 is 1.48 bits per heavy atom. The molecule has 0 atom stereocenters. The Morgan fingerprint density at radius 1 is 0.879 bits per heavy atom. The number of likely N-dealkylation sites (tertiary alicyclic amines) is 1. The van der Waals surface area contributed by atoms with Crippen LogP contribution in [0, 0.1) is 11.8 Å². The fourth-order valence-electron chi connectivity index (χ4n) is 4.64. The van der Waals surface area contributed by atoms with Gasteiger partial charge in [0.1, 0.15) is 5.75 Å². The van der Waals surface area contributed by atoms with Crippen LogP contribution in [-0.2, 0) is 0 Å². The van der Waals surface area contributed by atoms with E-state index in [-0.39, 0.29) is 11.8 Å². The number of nitrogens with one attached hydrogen (secondary N) is 1. The summed E-state index contributed by atoms with van der Waals surface area (Å²) < 4.78 is 5.17. The highest BCUT2D eigenvalue weighted by Crippen LogP contribution is 2.31. The van der Waals surface area contributed by atoms with Gasteiger partial charge in [-0.3, -0.25) is 9.59 Å². The highest BCUT2D eigenvalue weighted by Gasteiger charge is 2.27.